The summed E-state index contributed by atoms with van der Waals surface area (Å²) in [6.45, 7) is 8.73. The van der Waals surface area contributed by atoms with Crippen LogP contribution in [0.25, 0.3) is 0 Å². The quantitative estimate of drug-likeness (QED) is 0.889. The number of aromatic hydroxyl groups is 1. The molecule has 3 heteroatoms. The standard InChI is InChI=1S/C22H30N2O/c1-16-10-11-19(25)14-20(16)22(3)12-13-24(4)17(2)21(22)23-15-18-8-6-5-7-9-18/h5-11,14,17,21,23,25H,12-13,15H2,1-4H3/t17-,21+,22?/m1/s1. The largest absolute Gasteiger partial charge is 0.508 e. The second kappa shape index (κ2) is 7.19. The third-order valence-corrected chi connectivity index (χ3v) is 6.05. The molecule has 1 aliphatic heterocycles. The summed E-state index contributed by atoms with van der Waals surface area (Å²) in [5, 5.41) is 13.9. The monoisotopic (exact) mass is 338 g/mol. The van der Waals surface area contributed by atoms with Gasteiger partial charge in [-0.2, -0.15) is 0 Å². The molecule has 0 amide bonds. The Hall–Kier alpha value is -1.84. The third-order valence-electron chi connectivity index (χ3n) is 6.05. The maximum Gasteiger partial charge on any atom is 0.115 e. The molecular weight excluding hydrogens is 308 g/mol. The van der Waals surface area contributed by atoms with E-state index < -0.39 is 0 Å². The molecule has 0 spiro atoms. The maximum atomic E-state index is 10.1. The van der Waals surface area contributed by atoms with Gasteiger partial charge in [0.15, 0.2) is 0 Å². The Morgan fingerprint density at radius 1 is 1.20 bits per heavy atom. The van der Waals surface area contributed by atoms with E-state index in [1.165, 1.54) is 16.7 Å². The number of piperidine rings is 1. The number of likely N-dealkylation sites (N-methyl/N-ethyl adjacent to an activating group) is 1. The van der Waals surface area contributed by atoms with Crippen LogP contribution in [-0.4, -0.2) is 35.7 Å². The summed E-state index contributed by atoms with van der Waals surface area (Å²) in [6.07, 6.45) is 1.07. The third kappa shape index (κ3) is 3.58. The molecule has 1 aliphatic rings. The van der Waals surface area contributed by atoms with Crippen LogP contribution in [0.2, 0.25) is 0 Å². The number of phenols is 1. The van der Waals surface area contributed by atoms with Gasteiger partial charge in [-0.25, -0.2) is 0 Å². The minimum absolute atomic E-state index is 0.0104. The molecule has 3 nitrogen and oxygen atoms in total. The first-order chi connectivity index (χ1) is 11.9. The summed E-state index contributed by atoms with van der Waals surface area (Å²) < 4.78 is 0. The second-order valence-corrected chi connectivity index (χ2v) is 7.73. The molecule has 1 fully saturated rings. The van der Waals surface area contributed by atoms with Gasteiger partial charge >= 0.3 is 0 Å². The van der Waals surface area contributed by atoms with Crippen molar-refractivity contribution in [1.29, 1.82) is 0 Å². The molecular formula is C22H30N2O. The number of nitrogens with zero attached hydrogens (tertiary/aromatic N) is 1. The van der Waals surface area contributed by atoms with E-state index in [0.29, 0.717) is 17.8 Å². The Kier molecular flexibility index (Phi) is 5.16. The highest BCUT2D eigenvalue weighted by molar-refractivity contribution is 5.41. The van der Waals surface area contributed by atoms with Crippen molar-refractivity contribution in [1.82, 2.24) is 10.2 Å². The molecule has 1 heterocycles. The molecule has 3 rings (SSSR count). The van der Waals surface area contributed by atoms with Gasteiger partial charge in [-0.15, -0.1) is 0 Å². The molecule has 3 atom stereocenters. The van der Waals surface area contributed by atoms with Crippen LogP contribution in [0.3, 0.4) is 0 Å². The van der Waals surface area contributed by atoms with Crippen LogP contribution in [-0.2, 0) is 12.0 Å². The van der Waals surface area contributed by atoms with E-state index in [1.807, 2.05) is 12.1 Å². The summed E-state index contributed by atoms with van der Waals surface area (Å²) in [6, 6.07) is 17.1. The molecule has 0 aliphatic carbocycles. The van der Waals surface area contributed by atoms with E-state index in [9.17, 15) is 5.11 Å². The van der Waals surface area contributed by atoms with E-state index in [0.717, 1.165) is 19.5 Å². The van der Waals surface area contributed by atoms with Gasteiger partial charge < -0.3 is 15.3 Å². The fourth-order valence-electron chi connectivity index (χ4n) is 4.30. The second-order valence-electron chi connectivity index (χ2n) is 7.73. The van der Waals surface area contributed by atoms with Crippen molar-refractivity contribution in [3.63, 3.8) is 0 Å². The normalized spacial score (nSPS) is 27.4. The first-order valence-electron chi connectivity index (χ1n) is 9.19. The average Bonchev–Trinajstić information content (AvgIpc) is 2.61. The molecule has 0 radical (unpaired) electrons. The lowest BCUT2D eigenvalue weighted by atomic mass is 9.67. The first-order valence-corrected chi connectivity index (χ1v) is 9.19. The molecule has 25 heavy (non-hydrogen) atoms. The Morgan fingerprint density at radius 2 is 1.92 bits per heavy atom. The summed E-state index contributed by atoms with van der Waals surface area (Å²) in [4.78, 5) is 2.43. The van der Waals surface area contributed by atoms with Crippen molar-refractivity contribution in [2.45, 2.75) is 51.2 Å². The lowest BCUT2D eigenvalue weighted by molar-refractivity contribution is 0.0874. The topological polar surface area (TPSA) is 35.5 Å². The predicted octanol–water partition coefficient (Wildman–Crippen LogP) is 3.84. The molecule has 0 aromatic heterocycles. The summed E-state index contributed by atoms with van der Waals surface area (Å²) in [7, 11) is 2.21. The fraction of sp³-hybridized carbons (Fsp3) is 0.455. The summed E-state index contributed by atoms with van der Waals surface area (Å²) >= 11 is 0. The number of rotatable bonds is 4. The Bertz CT molecular complexity index is 715. The van der Waals surface area contributed by atoms with Gasteiger partial charge in [0.1, 0.15) is 5.75 Å². The average molecular weight is 338 g/mol. The van der Waals surface area contributed by atoms with E-state index in [1.54, 1.807) is 6.07 Å². The van der Waals surface area contributed by atoms with E-state index in [4.69, 9.17) is 0 Å². The Morgan fingerprint density at radius 3 is 2.64 bits per heavy atom. The number of likely N-dealkylation sites (tertiary alicyclic amines) is 1. The first kappa shape index (κ1) is 18.0. The highest BCUT2D eigenvalue weighted by Gasteiger charge is 2.44. The predicted molar refractivity (Wildman–Crippen MR) is 104 cm³/mol. The Labute approximate surface area is 151 Å². The van der Waals surface area contributed by atoms with E-state index in [-0.39, 0.29) is 5.41 Å². The SMILES string of the molecule is Cc1ccc(O)cc1C1(C)CCN(C)[C@H](C)[C@@H]1NCc1ccccc1. The molecule has 2 aromatic rings. The van der Waals surface area contributed by atoms with Crippen molar-refractivity contribution in [2.75, 3.05) is 13.6 Å². The van der Waals surface area contributed by atoms with Crippen LogP contribution in [0.15, 0.2) is 48.5 Å². The van der Waals surface area contributed by atoms with Crippen LogP contribution in [0.1, 0.15) is 37.0 Å². The van der Waals surface area contributed by atoms with Crippen molar-refractivity contribution in [3.05, 3.63) is 65.2 Å². The lowest BCUT2D eigenvalue weighted by Crippen LogP contribution is -2.62. The van der Waals surface area contributed by atoms with E-state index >= 15 is 0 Å². The number of hydrogen-bond acceptors (Lipinski definition) is 3. The van der Waals surface area contributed by atoms with Gasteiger partial charge in [0.25, 0.3) is 0 Å². The van der Waals surface area contributed by atoms with Gasteiger partial charge in [-0.1, -0.05) is 43.3 Å². The van der Waals surface area contributed by atoms with Gasteiger partial charge in [-0.3, -0.25) is 0 Å². The highest BCUT2D eigenvalue weighted by Crippen LogP contribution is 2.40. The van der Waals surface area contributed by atoms with Crippen molar-refractivity contribution in [3.8, 4) is 5.75 Å². The molecule has 0 bridgehead atoms. The number of phenolic OH excluding ortho intramolecular Hbond substituents is 1. The number of aryl methyl sites for hydroxylation is 1. The highest BCUT2D eigenvalue weighted by atomic mass is 16.3. The van der Waals surface area contributed by atoms with Gasteiger partial charge in [0.05, 0.1) is 0 Å². The molecule has 1 unspecified atom stereocenters. The van der Waals surface area contributed by atoms with Crippen molar-refractivity contribution in [2.24, 2.45) is 0 Å². The maximum absolute atomic E-state index is 10.1. The minimum Gasteiger partial charge on any atom is -0.508 e. The van der Waals surface area contributed by atoms with Crippen LogP contribution in [0, 0.1) is 6.92 Å². The summed E-state index contributed by atoms with van der Waals surface area (Å²) in [5.41, 5.74) is 3.81. The smallest absolute Gasteiger partial charge is 0.115 e. The molecule has 1 saturated heterocycles. The molecule has 134 valence electrons. The lowest BCUT2D eigenvalue weighted by Gasteiger charge is -2.50. The molecule has 2 aromatic carbocycles. The summed E-state index contributed by atoms with van der Waals surface area (Å²) in [5.74, 6) is 0.357. The van der Waals surface area contributed by atoms with Crippen LogP contribution < -0.4 is 5.32 Å². The minimum atomic E-state index is -0.0104. The van der Waals surface area contributed by atoms with Crippen LogP contribution in [0.5, 0.6) is 5.75 Å². The fourth-order valence-corrected chi connectivity index (χ4v) is 4.30. The van der Waals surface area contributed by atoms with Crippen LogP contribution >= 0.6 is 0 Å². The van der Waals surface area contributed by atoms with Gasteiger partial charge in [0, 0.05) is 24.0 Å². The molecule has 0 saturated carbocycles. The number of benzene rings is 2. The van der Waals surface area contributed by atoms with Gasteiger partial charge in [-0.05, 0) is 62.7 Å². The van der Waals surface area contributed by atoms with Crippen molar-refractivity contribution < 1.29 is 5.11 Å². The van der Waals surface area contributed by atoms with Gasteiger partial charge in [0.2, 0.25) is 0 Å². The number of hydrogen-bond donors (Lipinski definition) is 2. The zero-order valence-electron chi connectivity index (χ0n) is 15.8. The zero-order chi connectivity index (χ0) is 18.0. The zero-order valence-corrected chi connectivity index (χ0v) is 15.8. The van der Waals surface area contributed by atoms with Crippen molar-refractivity contribution >= 4 is 0 Å². The number of nitrogens with one attached hydrogen (secondary N) is 1. The Balaban J connectivity index is 1.92. The van der Waals surface area contributed by atoms with Crippen LogP contribution in [0.4, 0.5) is 0 Å². The molecule has 2 N–H and O–H groups in total. The van der Waals surface area contributed by atoms with E-state index in [2.05, 4.69) is 68.4 Å².